The number of fused-ring (bicyclic) bond motifs is 1. The maximum atomic E-state index is 12.1. The van der Waals surface area contributed by atoms with Gasteiger partial charge in [-0.05, 0) is 25.0 Å². The van der Waals surface area contributed by atoms with Gasteiger partial charge < -0.3 is 9.73 Å². The third-order valence-electron chi connectivity index (χ3n) is 4.42. The molecule has 0 spiro atoms. The van der Waals surface area contributed by atoms with Gasteiger partial charge in [0, 0.05) is 43.4 Å². The van der Waals surface area contributed by atoms with Gasteiger partial charge in [0.05, 0.1) is 0 Å². The number of nitrogens with one attached hydrogen (secondary N) is 1. The van der Waals surface area contributed by atoms with Crippen LogP contribution in [0, 0.1) is 12.3 Å². The number of hydrogen-bond acceptors (Lipinski definition) is 5. The van der Waals surface area contributed by atoms with Crippen LogP contribution in [-0.4, -0.2) is 16.6 Å². The molecule has 0 bridgehead atoms. The Morgan fingerprint density at radius 3 is 2.92 bits per heavy atom. The summed E-state index contributed by atoms with van der Waals surface area (Å²) in [6.45, 7) is 0. The Morgan fingerprint density at radius 1 is 1.38 bits per heavy atom. The van der Waals surface area contributed by atoms with Crippen LogP contribution in [0.15, 0.2) is 32.8 Å². The summed E-state index contributed by atoms with van der Waals surface area (Å²) in [6, 6.07) is 5.55. The first-order chi connectivity index (χ1) is 11.7. The number of aromatic nitrogens is 1. The van der Waals surface area contributed by atoms with Crippen LogP contribution in [-0.2, 0) is 4.79 Å². The Kier molecular flexibility index (Phi) is 3.57. The van der Waals surface area contributed by atoms with Gasteiger partial charge in [0.2, 0.25) is 5.91 Å². The predicted molar refractivity (Wildman–Crippen MR) is 89.5 cm³/mol. The van der Waals surface area contributed by atoms with Crippen LogP contribution in [0.1, 0.15) is 50.3 Å². The first kappa shape index (κ1) is 14.9. The molecular formula is C18H18N4O2. The lowest BCUT2D eigenvalue weighted by atomic mass is 10.0. The van der Waals surface area contributed by atoms with E-state index < -0.39 is 5.66 Å². The van der Waals surface area contributed by atoms with Gasteiger partial charge >= 0.3 is 0 Å². The summed E-state index contributed by atoms with van der Waals surface area (Å²) in [5.74, 6) is 3.80. The summed E-state index contributed by atoms with van der Waals surface area (Å²) in [4.78, 5) is 16.6. The van der Waals surface area contributed by atoms with Crippen molar-refractivity contribution >= 4 is 22.7 Å². The summed E-state index contributed by atoms with van der Waals surface area (Å²) in [5.41, 5.74) is 1.84. The quantitative estimate of drug-likeness (QED) is 0.782. The van der Waals surface area contributed by atoms with Crippen LogP contribution in [0.3, 0.4) is 0 Å². The number of oxazole rings is 1. The smallest absolute Gasteiger partial charge is 0.224 e. The average molecular weight is 322 g/mol. The largest absolute Gasteiger partial charge is 0.440 e. The number of benzene rings is 1. The summed E-state index contributed by atoms with van der Waals surface area (Å²) < 4.78 is 5.77. The highest BCUT2D eigenvalue weighted by atomic mass is 16.3. The molecule has 1 aromatic heterocycles. The molecule has 1 N–H and O–H groups in total. The first-order valence-corrected chi connectivity index (χ1v) is 8.25. The molecule has 0 atom stereocenters. The van der Waals surface area contributed by atoms with Crippen LogP contribution in [0.25, 0.3) is 11.1 Å². The van der Waals surface area contributed by atoms with Crippen molar-refractivity contribution in [3.63, 3.8) is 0 Å². The van der Waals surface area contributed by atoms with Gasteiger partial charge in [-0.25, -0.2) is 4.98 Å². The number of anilines is 1. The molecule has 0 unspecified atom stereocenters. The second-order valence-corrected chi connectivity index (χ2v) is 6.44. The molecule has 0 saturated heterocycles. The predicted octanol–water partition coefficient (Wildman–Crippen LogP) is 4.00. The highest BCUT2D eigenvalue weighted by Crippen LogP contribution is 2.41. The molecule has 2 aromatic rings. The highest BCUT2D eigenvalue weighted by molar-refractivity contribution is 5.92. The minimum absolute atomic E-state index is 0.0614. The standard InChI is InChI=1S/C18H18N4O2/c1-2-3-9-18(21-22-18)10-8-16(23)19-13-6-7-14-15(11-13)24-17(20-14)12-4-5-12/h1,6-7,11-12H,3-5,8-10H2,(H,19,23). The van der Waals surface area contributed by atoms with Crippen molar-refractivity contribution in [2.24, 2.45) is 10.2 Å². The topological polar surface area (TPSA) is 79.9 Å². The molecule has 1 amide bonds. The van der Waals surface area contributed by atoms with Gasteiger partial charge in [-0.15, -0.1) is 12.3 Å². The van der Waals surface area contributed by atoms with E-state index in [2.05, 4.69) is 26.4 Å². The first-order valence-electron chi connectivity index (χ1n) is 8.25. The lowest BCUT2D eigenvalue weighted by Crippen LogP contribution is -2.17. The lowest BCUT2D eigenvalue weighted by molar-refractivity contribution is -0.116. The highest BCUT2D eigenvalue weighted by Gasteiger charge is 2.39. The van der Waals surface area contributed by atoms with Crippen LogP contribution >= 0.6 is 0 Å². The van der Waals surface area contributed by atoms with Gasteiger partial charge in [0.1, 0.15) is 5.52 Å². The minimum atomic E-state index is -0.419. The lowest BCUT2D eigenvalue weighted by Gasteiger charge is -2.09. The summed E-state index contributed by atoms with van der Waals surface area (Å²) in [5, 5.41) is 11.0. The van der Waals surface area contributed by atoms with Gasteiger partial charge in [-0.3, -0.25) is 4.79 Å². The fraction of sp³-hybridized carbons (Fsp3) is 0.444. The van der Waals surface area contributed by atoms with E-state index in [9.17, 15) is 4.79 Å². The van der Waals surface area contributed by atoms with E-state index in [4.69, 9.17) is 10.8 Å². The second kappa shape index (κ2) is 5.75. The molecular weight excluding hydrogens is 304 g/mol. The second-order valence-electron chi connectivity index (χ2n) is 6.44. The molecule has 1 saturated carbocycles. The van der Waals surface area contributed by atoms with Crippen molar-refractivity contribution in [3.05, 3.63) is 24.1 Å². The van der Waals surface area contributed by atoms with E-state index in [1.54, 1.807) is 0 Å². The van der Waals surface area contributed by atoms with Gasteiger partial charge in [-0.1, -0.05) is 0 Å². The average Bonchev–Trinajstić information content (AvgIpc) is 3.50. The normalized spacial score (nSPS) is 17.6. The summed E-state index contributed by atoms with van der Waals surface area (Å²) in [6.07, 6.45) is 9.85. The maximum Gasteiger partial charge on any atom is 0.224 e. The molecule has 6 nitrogen and oxygen atoms in total. The molecule has 6 heteroatoms. The molecule has 24 heavy (non-hydrogen) atoms. The van der Waals surface area contributed by atoms with Crippen molar-refractivity contribution in [1.82, 2.24) is 4.98 Å². The monoisotopic (exact) mass is 322 g/mol. The Hall–Kier alpha value is -2.68. The number of hydrogen-bond donors (Lipinski definition) is 1. The SMILES string of the molecule is C#CCCC1(CCC(=O)Nc2ccc3nc(C4CC4)oc3c2)N=N1. The molecule has 4 rings (SSSR count). The van der Waals surface area contributed by atoms with Crippen molar-refractivity contribution in [3.8, 4) is 12.3 Å². The Bertz CT molecular complexity index is 852. The van der Waals surface area contributed by atoms with Gasteiger partial charge in [0.25, 0.3) is 0 Å². The number of carbonyl (C=O) groups excluding carboxylic acids is 1. The van der Waals surface area contributed by atoms with E-state index in [-0.39, 0.29) is 5.91 Å². The maximum absolute atomic E-state index is 12.1. The Labute approximate surface area is 139 Å². The van der Waals surface area contributed by atoms with Crippen molar-refractivity contribution < 1.29 is 9.21 Å². The Balaban J connectivity index is 1.35. The van der Waals surface area contributed by atoms with E-state index in [0.29, 0.717) is 42.9 Å². The minimum Gasteiger partial charge on any atom is -0.440 e. The fourth-order valence-corrected chi connectivity index (χ4v) is 2.73. The molecule has 1 aliphatic carbocycles. The van der Waals surface area contributed by atoms with Crippen LogP contribution < -0.4 is 5.32 Å². The molecule has 2 aliphatic rings. The fourth-order valence-electron chi connectivity index (χ4n) is 2.73. The third-order valence-corrected chi connectivity index (χ3v) is 4.42. The summed E-state index contributed by atoms with van der Waals surface area (Å²) in [7, 11) is 0. The van der Waals surface area contributed by atoms with Crippen molar-refractivity contribution in [2.45, 2.75) is 50.1 Å². The number of terminal acetylenes is 1. The molecule has 2 heterocycles. The van der Waals surface area contributed by atoms with Gasteiger partial charge in [-0.2, -0.15) is 10.2 Å². The molecule has 122 valence electrons. The number of nitrogens with zero attached hydrogens (tertiary/aromatic N) is 3. The van der Waals surface area contributed by atoms with Crippen LogP contribution in [0.2, 0.25) is 0 Å². The Morgan fingerprint density at radius 2 is 2.21 bits per heavy atom. The van der Waals surface area contributed by atoms with Crippen molar-refractivity contribution in [1.29, 1.82) is 0 Å². The number of amides is 1. The summed E-state index contributed by atoms with van der Waals surface area (Å²) >= 11 is 0. The molecule has 1 aliphatic heterocycles. The zero-order chi connectivity index (χ0) is 16.6. The van der Waals surface area contributed by atoms with Gasteiger partial charge in [0.15, 0.2) is 17.1 Å². The van der Waals surface area contributed by atoms with E-state index in [0.717, 1.165) is 24.2 Å². The van der Waals surface area contributed by atoms with E-state index >= 15 is 0 Å². The number of carbonyl (C=O) groups is 1. The zero-order valence-electron chi connectivity index (χ0n) is 13.3. The molecule has 1 aromatic carbocycles. The number of rotatable bonds is 7. The van der Waals surface area contributed by atoms with Crippen LogP contribution in [0.5, 0.6) is 0 Å². The third kappa shape index (κ3) is 3.16. The zero-order valence-corrected chi connectivity index (χ0v) is 13.3. The van der Waals surface area contributed by atoms with Crippen LogP contribution in [0.4, 0.5) is 5.69 Å². The molecule has 1 fully saturated rings. The van der Waals surface area contributed by atoms with E-state index in [1.165, 1.54) is 0 Å². The van der Waals surface area contributed by atoms with Crippen molar-refractivity contribution in [2.75, 3.05) is 5.32 Å². The molecule has 0 radical (unpaired) electrons. The van der Waals surface area contributed by atoms with E-state index in [1.807, 2.05) is 18.2 Å².